The van der Waals surface area contributed by atoms with Crippen LogP contribution in [-0.2, 0) is 19.4 Å². The zero-order chi connectivity index (χ0) is 22.7. The van der Waals surface area contributed by atoms with Gasteiger partial charge in [0, 0.05) is 10.6 Å². The number of aromatic nitrogens is 2. The van der Waals surface area contributed by atoms with E-state index >= 15 is 0 Å². The lowest BCUT2D eigenvalue weighted by Crippen LogP contribution is -2.27. The van der Waals surface area contributed by atoms with E-state index in [0.29, 0.717) is 17.9 Å². The molecule has 5 heteroatoms. The second-order valence-corrected chi connectivity index (χ2v) is 12.3. The molecule has 0 N–H and O–H groups in total. The molecule has 32 heavy (non-hydrogen) atoms. The molecule has 1 unspecified atom stereocenters. The Morgan fingerprint density at radius 2 is 1.94 bits per heavy atom. The third-order valence-corrected chi connectivity index (χ3v) is 8.98. The molecule has 172 valence electrons. The Bertz CT molecular complexity index is 1110. The highest BCUT2D eigenvalue weighted by Gasteiger charge is 2.32. The van der Waals surface area contributed by atoms with Crippen molar-refractivity contribution < 1.29 is 0 Å². The average Bonchev–Trinajstić information content (AvgIpc) is 3.14. The van der Waals surface area contributed by atoms with E-state index in [1.54, 1.807) is 23.1 Å². The van der Waals surface area contributed by atoms with Crippen molar-refractivity contribution in [2.45, 2.75) is 84.3 Å². The SMILES string of the molecule is CCCCCCSc1nc2sc3c(c2c(=O)n1Cc1ccccc1)CCC(C(C)(C)C)C3. The first-order valence-corrected chi connectivity index (χ1v) is 13.9. The summed E-state index contributed by atoms with van der Waals surface area (Å²) in [5.74, 6) is 1.69. The van der Waals surface area contributed by atoms with Crippen LogP contribution in [0.2, 0.25) is 0 Å². The number of thiophene rings is 1. The zero-order valence-corrected chi connectivity index (χ0v) is 21.6. The molecule has 0 saturated heterocycles. The Morgan fingerprint density at radius 3 is 2.66 bits per heavy atom. The van der Waals surface area contributed by atoms with E-state index in [-0.39, 0.29) is 5.56 Å². The number of hydrogen-bond donors (Lipinski definition) is 0. The van der Waals surface area contributed by atoms with E-state index in [1.165, 1.54) is 36.1 Å². The van der Waals surface area contributed by atoms with Crippen LogP contribution >= 0.6 is 23.1 Å². The van der Waals surface area contributed by atoms with E-state index in [2.05, 4.69) is 39.8 Å². The van der Waals surface area contributed by atoms with Crippen molar-refractivity contribution in [1.29, 1.82) is 0 Å². The molecule has 0 bridgehead atoms. The number of unbranched alkanes of at least 4 members (excludes halogenated alkanes) is 3. The second kappa shape index (κ2) is 10.1. The highest BCUT2D eigenvalue weighted by molar-refractivity contribution is 7.99. The minimum Gasteiger partial charge on any atom is -0.283 e. The fourth-order valence-electron chi connectivity index (χ4n) is 4.69. The van der Waals surface area contributed by atoms with Gasteiger partial charge in [0.1, 0.15) is 4.83 Å². The topological polar surface area (TPSA) is 34.9 Å². The summed E-state index contributed by atoms with van der Waals surface area (Å²) in [6, 6.07) is 10.3. The van der Waals surface area contributed by atoms with Gasteiger partial charge in [-0.2, -0.15) is 0 Å². The van der Waals surface area contributed by atoms with Gasteiger partial charge in [0.2, 0.25) is 0 Å². The van der Waals surface area contributed by atoms with E-state index in [0.717, 1.165) is 46.0 Å². The van der Waals surface area contributed by atoms with Gasteiger partial charge in [0.05, 0.1) is 11.9 Å². The highest BCUT2D eigenvalue weighted by Crippen LogP contribution is 2.42. The Kier molecular flexibility index (Phi) is 7.46. The van der Waals surface area contributed by atoms with Gasteiger partial charge in [-0.05, 0) is 48.1 Å². The first-order chi connectivity index (χ1) is 15.4. The minimum atomic E-state index is 0.154. The molecule has 0 fully saturated rings. The van der Waals surface area contributed by atoms with Crippen molar-refractivity contribution in [2.75, 3.05) is 5.75 Å². The van der Waals surface area contributed by atoms with Crippen LogP contribution < -0.4 is 5.56 Å². The maximum atomic E-state index is 13.8. The van der Waals surface area contributed by atoms with Crippen LogP contribution in [0.15, 0.2) is 40.3 Å². The van der Waals surface area contributed by atoms with Gasteiger partial charge in [-0.3, -0.25) is 9.36 Å². The molecule has 1 aliphatic carbocycles. The van der Waals surface area contributed by atoms with Gasteiger partial charge < -0.3 is 0 Å². The molecule has 2 heterocycles. The molecule has 3 nitrogen and oxygen atoms in total. The maximum Gasteiger partial charge on any atom is 0.263 e. The number of aryl methyl sites for hydroxylation is 1. The third-order valence-electron chi connectivity index (χ3n) is 6.77. The smallest absolute Gasteiger partial charge is 0.263 e. The van der Waals surface area contributed by atoms with Crippen LogP contribution in [0.4, 0.5) is 0 Å². The normalized spacial score (nSPS) is 16.4. The maximum absolute atomic E-state index is 13.8. The summed E-state index contributed by atoms with van der Waals surface area (Å²) in [6.45, 7) is 9.86. The first-order valence-electron chi connectivity index (χ1n) is 12.1. The Morgan fingerprint density at radius 1 is 1.16 bits per heavy atom. The number of benzene rings is 1. The van der Waals surface area contributed by atoms with Crippen LogP contribution in [0.3, 0.4) is 0 Å². The third kappa shape index (κ3) is 5.14. The molecule has 1 aromatic carbocycles. The van der Waals surface area contributed by atoms with Gasteiger partial charge in [-0.25, -0.2) is 4.98 Å². The van der Waals surface area contributed by atoms with Crippen molar-refractivity contribution in [3.05, 3.63) is 56.7 Å². The quantitative estimate of drug-likeness (QED) is 0.197. The lowest BCUT2D eigenvalue weighted by Gasteiger charge is -2.33. The molecule has 2 aromatic heterocycles. The number of nitrogens with zero attached hydrogens (tertiary/aromatic N) is 2. The van der Waals surface area contributed by atoms with E-state index in [1.807, 2.05) is 22.8 Å². The zero-order valence-electron chi connectivity index (χ0n) is 19.9. The standard InChI is InChI=1S/C27H36N2OS2/c1-5-6-7-11-16-31-26-28-24-23(25(30)29(26)18-19-12-9-8-10-13-19)21-15-14-20(27(2,3)4)17-22(21)32-24/h8-10,12-13,20H,5-7,11,14-18H2,1-4H3. The van der Waals surface area contributed by atoms with Gasteiger partial charge in [0.15, 0.2) is 5.16 Å². The Hall–Kier alpha value is -1.59. The van der Waals surface area contributed by atoms with E-state index in [9.17, 15) is 4.79 Å². The van der Waals surface area contributed by atoms with Crippen LogP contribution in [-0.4, -0.2) is 15.3 Å². The number of rotatable bonds is 8. The number of fused-ring (bicyclic) bond motifs is 3. The van der Waals surface area contributed by atoms with Gasteiger partial charge in [0.25, 0.3) is 5.56 Å². The predicted octanol–water partition coefficient (Wildman–Crippen LogP) is 7.33. The molecule has 3 aromatic rings. The Labute approximate surface area is 200 Å². The predicted molar refractivity (Wildman–Crippen MR) is 139 cm³/mol. The molecular formula is C27H36N2OS2. The van der Waals surface area contributed by atoms with Crippen molar-refractivity contribution >= 4 is 33.3 Å². The summed E-state index contributed by atoms with van der Waals surface area (Å²) in [5, 5.41) is 1.78. The summed E-state index contributed by atoms with van der Waals surface area (Å²) < 4.78 is 1.94. The van der Waals surface area contributed by atoms with E-state index in [4.69, 9.17) is 4.98 Å². The molecule has 4 rings (SSSR count). The lowest BCUT2D eigenvalue weighted by molar-refractivity contribution is 0.218. The molecule has 0 spiro atoms. The van der Waals surface area contributed by atoms with Gasteiger partial charge in [-0.15, -0.1) is 11.3 Å². The summed E-state index contributed by atoms with van der Waals surface area (Å²) in [7, 11) is 0. The highest BCUT2D eigenvalue weighted by atomic mass is 32.2. The summed E-state index contributed by atoms with van der Waals surface area (Å²) in [5.41, 5.74) is 2.89. The molecule has 0 amide bonds. The van der Waals surface area contributed by atoms with Crippen molar-refractivity contribution in [2.24, 2.45) is 11.3 Å². The van der Waals surface area contributed by atoms with E-state index < -0.39 is 0 Å². The average molecular weight is 469 g/mol. The Balaban J connectivity index is 1.72. The molecule has 0 aliphatic heterocycles. The largest absolute Gasteiger partial charge is 0.283 e. The number of hydrogen-bond acceptors (Lipinski definition) is 4. The fraction of sp³-hybridized carbons (Fsp3) is 0.556. The van der Waals surface area contributed by atoms with Crippen molar-refractivity contribution in [3.8, 4) is 0 Å². The van der Waals surface area contributed by atoms with Gasteiger partial charge in [-0.1, -0.05) is 89.1 Å². The lowest BCUT2D eigenvalue weighted by atomic mass is 9.72. The van der Waals surface area contributed by atoms with Crippen LogP contribution in [0.5, 0.6) is 0 Å². The van der Waals surface area contributed by atoms with Gasteiger partial charge >= 0.3 is 0 Å². The van der Waals surface area contributed by atoms with Crippen molar-refractivity contribution in [1.82, 2.24) is 9.55 Å². The van der Waals surface area contributed by atoms with Crippen LogP contribution in [0, 0.1) is 11.3 Å². The first kappa shape index (κ1) is 23.6. The fourth-order valence-corrected chi connectivity index (χ4v) is 7.02. The summed E-state index contributed by atoms with van der Waals surface area (Å²) in [6.07, 6.45) is 8.18. The molecule has 1 aliphatic rings. The summed E-state index contributed by atoms with van der Waals surface area (Å²) in [4.78, 5) is 21.3. The second-order valence-electron chi connectivity index (χ2n) is 10.2. The molecule has 1 atom stereocenters. The summed E-state index contributed by atoms with van der Waals surface area (Å²) >= 11 is 3.53. The molecular weight excluding hydrogens is 432 g/mol. The monoisotopic (exact) mass is 468 g/mol. The molecule has 0 saturated carbocycles. The molecule has 0 radical (unpaired) electrons. The van der Waals surface area contributed by atoms with Crippen LogP contribution in [0.25, 0.3) is 10.2 Å². The number of thioether (sulfide) groups is 1. The van der Waals surface area contributed by atoms with Crippen molar-refractivity contribution in [3.63, 3.8) is 0 Å². The minimum absolute atomic E-state index is 0.154. The van der Waals surface area contributed by atoms with Crippen LogP contribution in [0.1, 0.15) is 75.8 Å².